The molecule has 0 aromatic carbocycles. The lowest BCUT2D eigenvalue weighted by molar-refractivity contribution is 0.467. The normalized spacial score (nSPS) is 9.80. The van der Waals surface area contributed by atoms with Gasteiger partial charge in [-0.05, 0) is 19.1 Å². The highest BCUT2D eigenvalue weighted by Gasteiger charge is 1.98. The van der Waals surface area contributed by atoms with Gasteiger partial charge in [-0.1, -0.05) is 22.6 Å². The minimum absolute atomic E-state index is 0.292. The number of pyridine rings is 1. The van der Waals surface area contributed by atoms with Gasteiger partial charge in [0.25, 0.3) is 0 Å². The molecule has 0 aliphatic carbocycles. The zero-order valence-corrected chi connectivity index (χ0v) is 7.79. The molecule has 0 spiro atoms. The fourth-order valence-corrected chi connectivity index (χ4v) is 1.26. The molecule has 0 radical (unpaired) electrons. The Kier molecular flexibility index (Phi) is 2.48. The van der Waals surface area contributed by atoms with Crippen LogP contribution < -0.4 is 0 Å². The molecule has 0 bridgehead atoms. The third-order valence-electron chi connectivity index (χ3n) is 1.22. The van der Waals surface area contributed by atoms with Crippen LogP contribution in [0.5, 0.6) is 5.75 Å². The Labute approximate surface area is 73.4 Å². The van der Waals surface area contributed by atoms with Crippen LogP contribution in [0.1, 0.15) is 11.4 Å². The Bertz CT molecular complexity index is 237. The second-order valence-corrected chi connectivity index (χ2v) is 2.81. The zero-order chi connectivity index (χ0) is 7.56. The van der Waals surface area contributed by atoms with E-state index >= 15 is 0 Å². The summed E-state index contributed by atoms with van der Waals surface area (Å²) < 4.78 is 0.755. The van der Waals surface area contributed by atoms with Crippen LogP contribution in [0, 0.1) is 6.92 Å². The van der Waals surface area contributed by atoms with Crippen molar-refractivity contribution in [2.24, 2.45) is 0 Å². The van der Waals surface area contributed by atoms with Crippen LogP contribution in [-0.4, -0.2) is 10.1 Å². The van der Waals surface area contributed by atoms with Gasteiger partial charge in [-0.3, -0.25) is 4.98 Å². The fourth-order valence-electron chi connectivity index (χ4n) is 0.701. The number of hydrogen-bond donors (Lipinski definition) is 1. The van der Waals surface area contributed by atoms with E-state index in [4.69, 9.17) is 5.11 Å². The third-order valence-corrected chi connectivity index (χ3v) is 1.94. The SMILES string of the molecule is Cc1ccc(O)c(CI)n1. The Balaban J connectivity index is 3.09. The summed E-state index contributed by atoms with van der Waals surface area (Å²) in [4.78, 5) is 4.13. The van der Waals surface area contributed by atoms with Crippen molar-refractivity contribution < 1.29 is 5.11 Å². The average Bonchev–Trinajstić information content (AvgIpc) is 1.94. The molecule has 0 aliphatic heterocycles. The summed E-state index contributed by atoms with van der Waals surface area (Å²) in [6.45, 7) is 1.91. The number of alkyl halides is 1. The smallest absolute Gasteiger partial charge is 0.137 e. The number of aromatic nitrogens is 1. The van der Waals surface area contributed by atoms with Crippen LogP contribution in [0.4, 0.5) is 0 Å². The number of rotatable bonds is 1. The van der Waals surface area contributed by atoms with Gasteiger partial charge in [0.1, 0.15) is 5.75 Å². The monoisotopic (exact) mass is 249 g/mol. The highest BCUT2D eigenvalue weighted by molar-refractivity contribution is 14.1. The fraction of sp³-hybridized carbons (Fsp3) is 0.286. The van der Waals surface area contributed by atoms with E-state index < -0.39 is 0 Å². The maximum absolute atomic E-state index is 9.17. The number of hydrogen-bond acceptors (Lipinski definition) is 2. The summed E-state index contributed by atoms with van der Waals surface area (Å²) in [5.41, 5.74) is 1.71. The van der Waals surface area contributed by atoms with Crippen molar-refractivity contribution in [3.05, 3.63) is 23.5 Å². The molecule has 0 atom stereocenters. The van der Waals surface area contributed by atoms with Crippen LogP contribution >= 0.6 is 22.6 Å². The molecule has 0 amide bonds. The van der Waals surface area contributed by atoms with Crippen LogP contribution in [0.2, 0.25) is 0 Å². The molecular formula is C7H8INO. The summed E-state index contributed by atoms with van der Waals surface area (Å²) >= 11 is 2.17. The quantitative estimate of drug-likeness (QED) is 0.610. The number of aromatic hydroxyl groups is 1. The van der Waals surface area contributed by atoms with E-state index in [1.165, 1.54) is 0 Å². The minimum atomic E-state index is 0.292. The topological polar surface area (TPSA) is 33.1 Å². The first-order chi connectivity index (χ1) is 4.74. The van der Waals surface area contributed by atoms with E-state index in [2.05, 4.69) is 27.6 Å². The van der Waals surface area contributed by atoms with Crippen LogP contribution in [0.25, 0.3) is 0 Å². The van der Waals surface area contributed by atoms with Crippen LogP contribution in [-0.2, 0) is 4.43 Å². The van der Waals surface area contributed by atoms with Crippen molar-refractivity contribution in [2.75, 3.05) is 0 Å². The van der Waals surface area contributed by atoms with Crippen molar-refractivity contribution in [3.8, 4) is 5.75 Å². The van der Waals surface area contributed by atoms with Crippen LogP contribution in [0.15, 0.2) is 12.1 Å². The maximum Gasteiger partial charge on any atom is 0.137 e. The second kappa shape index (κ2) is 3.18. The molecule has 3 heteroatoms. The molecule has 0 fully saturated rings. The number of halogens is 1. The summed E-state index contributed by atoms with van der Waals surface area (Å²) in [7, 11) is 0. The Morgan fingerprint density at radius 3 is 2.80 bits per heavy atom. The molecule has 2 nitrogen and oxygen atoms in total. The maximum atomic E-state index is 9.17. The highest BCUT2D eigenvalue weighted by Crippen LogP contribution is 2.16. The van der Waals surface area contributed by atoms with E-state index in [1.54, 1.807) is 12.1 Å². The van der Waals surface area contributed by atoms with Crippen molar-refractivity contribution in [1.29, 1.82) is 0 Å². The lowest BCUT2D eigenvalue weighted by atomic mass is 10.3. The van der Waals surface area contributed by atoms with Gasteiger partial charge in [-0.25, -0.2) is 0 Å². The summed E-state index contributed by atoms with van der Waals surface area (Å²) in [6.07, 6.45) is 0. The number of aryl methyl sites for hydroxylation is 1. The largest absolute Gasteiger partial charge is 0.506 e. The van der Waals surface area contributed by atoms with Crippen molar-refractivity contribution in [3.63, 3.8) is 0 Å². The van der Waals surface area contributed by atoms with E-state index in [9.17, 15) is 0 Å². The summed E-state index contributed by atoms with van der Waals surface area (Å²) in [5.74, 6) is 0.292. The molecule has 10 heavy (non-hydrogen) atoms. The number of nitrogens with zero attached hydrogens (tertiary/aromatic N) is 1. The zero-order valence-electron chi connectivity index (χ0n) is 5.63. The Morgan fingerprint density at radius 1 is 1.60 bits per heavy atom. The van der Waals surface area contributed by atoms with Gasteiger partial charge in [0.05, 0.1) is 5.69 Å². The molecule has 1 rings (SSSR count). The van der Waals surface area contributed by atoms with E-state index in [0.717, 1.165) is 15.8 Å². The van der Waals surface area contributed by atoms with Gasteiger partial charge >= 0.3 is 0 Å². The Morgan fingerprint density at radius 2 is 2.30 bits per heavy atom. The molecule has 1 heterocycles. The van der Waals surface area contributed by atoms with Gasteiger partial charge in [0.2, 0.25) is 0 Å². The highest BCUT2D eigenvalue weighted by atomic mass is 127. The van der Waals surface area contributed by atoms with Crippen molar-refractivity contribution >= 4 is 22.6 Å². The van der Waals surface area contributed by atoms with E-state index in [0.29, 0.717) is 5.75 Å². The molecule has 0 saturated heterocycles. The van der Waals surface area contributed by atoms with Crippen molar-refractivity contribution in [2.45, 2.75) is 11.4 Å². The molecule has 1 N–H and O–H groups in total. The average molecular weight is 249 g/mol. The second-order valence-electron chi connectivity index (χ2n) is 2.05. The predicted molar refractivity (Wildman–Crippen MR) is 48.4 cm³/mol. The molecular weight excluding hydrogens is 241 g/mol. The summed E-state index contributed by atoms with van der Waals surface area (Å²) in [6, 6.07) is 3.47. The standard InChI is InChI=1S/C7H8INO/c1-5-2-3-7(10)6(4-8)9-5/h2-3,10H,4H2,1H3. The summed E-state index contributed by atoms with van der Waals surface area (Å²) in [5, 5.41) is 9.17. The van der Waals surface area contributed by atoms with Crippen molar-refractivity contribution in [1.82, 2.24) is 4.98 Å². The van der Waals surface area contributed by atoms with Gasteiger partial charge < -0.3 is 5.11 Å². The van der Waals surface area contributed by atoms with Crippen LogP contribution in [0.3, 0.4) is 0 Å². The lowest BCUT2D eigenvalue weighted by Gasteiger charge is -1.99. The molecule has 0 unspecified atom stereocenters. The van der Waals surface area contributed by atoms with Gasteiger partial charge in [0.15, 0.2) is 0 Å². The first-order valence-electron chi connectivity index (χ1n) is 2.95. The van der Waals surface area contributed by atoms with Gasteiger partial charge in [-0.15, -0.1) is 0 Å². The first kappa shape index (κ1) is 7.78. The molecule has 1 aromatic rings. The Hall–Kier alpha value is -0.320. The lowest BCUT2D eigenvalue weighted by Crippen LogP contribution is -1.87. The van der Waals surface area contributed by atoms with E-state index in [-0.39, 0.29) is 0 Å². The minimum Gasteiger partial charge on any atom is -0.506 e. The molecule has 0 aliphatic rings. The molecule has 1 aromatic heterocycles. The molecule has 0 saturated carbocycles. The first-order valence-corrected chi connectivity index (χ1v) is 4.48. The molecule has 54 valence electrons. The predicted octanol–water partition coefficient (Wildman–Crippen LogP) is 2.03. The van der Waals surface area contributed by atoms with E-state index in [1.807, 2.05) is 6.92 Å². The third kappa shape index (κ3) is 1.59. The van der Waals surface area contributed by atoms with Gasteiger partial charge in [0, 0.05) is 10.1 Å². The van der Waals surface area contributed by atoms with Gasteiger partial charge in [-0.2, -0.15) is 0 Å².